The first-order valence-electron chi connectivity index (χ1n) is 5.51. The van der Waals surface area contributed by atoms with E-state index in [1.54, 1.807) is 0 Å². The molecule has 0 bridgehead atoms. The van der Waals surface area contributed by atoms with Crippen LogP contribution >= 0.6 is 0 Å². The summed E-state index contributed by atoms with van der Waals surface area (Å²) in [4.78, 5) is 10.9. The Morgan fingerprint density at radius 1 is 1.06 bits per heavy atom. The average Bonchev–Trinajstić information content (AvgIpc) is 2.26. The summed E-state index contributed by atoms with van der Waals surface area (Å²) in [6, 6.07) is 12.1. The molecule has 0 radical (unpaired) electrons. The number of rotatable bonds is 1. The number of hydrogen-bond donors (Lipinski definition) is 0. The molecule has 0 aliphatic rings. The normalized spacial score (nSPS) is 11.7. The van der Waals surface area contributed by atoms with Gasteiger partial charge in [-0.2, -0.15) is 0 Å². The Morgan fingerprint density at radius 2 is 1.75 bits per heavy atom. The number of benzene rings is 2. The van der Waals surface area contributed by atoms with E-state index in [4.69, 9.17) is 0 Å². The Morgan fingerprint density at radius 3 is 2.38 bits per heavy atom. The van der Waals surface area contributed by atoms with Gasteiger partial charge in [0.2, 0.25) is 0 Å². The Labute approximate surface area is 96.1 Å². The van der Waals surface area contributed by atoms with Gasteiger partial charge in [-0.05, 0) is 33.9 Å². The van der Waals surface area contributed by atoms with Crippen LogP contribution in [0.25, 0.3) is 10.8 Å². The van der Waals surface area contributed by atoms with Gasteiger partial charge >= 0.3 is 0 Å². The van der Waals surface area contributed by atoms with Crippen molar-refractivity contribution in [2.45, 2.75) is 26.2 Å². The van der Waals surface area contributed by atoms with Crippen molar-refractivity contribution in [3.05, 3.63) is 47.5 Å². The molecule has 2 aromatic rings. The van der Waals surface area contributed by atoms with E-state index in [1.165, 1.54) is 10.9 Å². The van der Waals surface area contributed by atoms with Crippen molar-refractivity contribution in [1.29, 1.82) is 0 Å². The van der Waals surface area contributed by atoms with Gasteiger partial charge in [-0.15, -0.1) is 0 Å². The summed E-state index contributed by atoms with van der Waals surface area (Å²) in [5, 5.41) is 2.37. The monoisotopic (exact) mass is 212 g/mol. The van der Waals surface area contributed by atoms with Crippen LogP contribution in [0.2, 0.25) is 0 Å². The third-order valence-corrected chi connectivity index (χ3v) is 2.83. The number of carbonyl (C=O) groups excluding carboxylic acids is 1. The maximum Gasteiger partial charge on any atom is 0.150 e. The van der Waals surface area contributed by atoms with Gasteiger partial charge in [0.1, 0.15) is 6.29 Å². The van der Waals surface area contributed by atoms with E-state index in [-0.39, 0.29) is 5.41 Å². The summed E-state index contributed by atoms with van der Waals surface area (Å²) in [6.45, 7) is 6.51. The first-order valence-corrected chi connectivity index (χ1v) is 5.51. The zero-order chi connectivity index (χ0) is 11.8. The maximum atomic E-state index is 10.9. The molecule has 0 aliphatic heterocycles. The molecule has 2 rings (SSSR count). The predicted octanol–water partition coefficient (Wildman–Crippen LogP) is 3.95. The molecule has 82 valence electrons. The van der Waals surface area contributed by atoms with Crippen LogP contribution < -0.4 is 0 Å². The summed E-state index contributed by atoms with van der Waals surface area (Å²) in [5.41, 5.74) is 2.04. The van der Waals surface area contributed by atoms with Gasteiger partial charge < -0.3 is 0 Å². The largest absolute Gasteiger partial charge is 0.298 e. The minimum absolute atomic E-state index is 0.0542. The smallest absolute Gasteiger partial charge is 0.150 e. The third kappa shape index (κ3) is 1.85. The molecule has 0 fully saturated rings. The second-order valence-corrected chi connectivity index (χ2v) is 5.16. The van der Waals surface area contributed by atoms with Crippen LogP contribution in [0.5, 0.6) is 0 Å². The quantitative estimate of drug-likeness (QED) is 0.654. The van der Waals surface area contributed by atoms with Crippen molar-refractivity contribution in [3.63, 3.8) is 0 Å². The molecule has 0 unspecified atom stereocenters. The molecule has 0 spiro atoms. The Bertz CT molecular complexity index is 533. The van der Waals surface area contributed by atoms with E-state index in [9.17, 15) is 4.79 Å². The third-order valence-electron chi connectivity index (χ3n) is 2.83. The zero-order valence-corrected chi connectivity index (χ0v) is 9.95. The van der Waals surface area contributed by atoms with Crippen molar-refractivity contribution >= 4 is 17.1 Å². The van der Waals surface area contributed by atoms with Gasteiger partial charge in [-0.3, -0.25) is 4.79 Å². The molecule has 1 nitrogen and oxygen atoms in total. The molecule has 0 saturated heterocycles. The SMILES string of the molecule is CC(C)(C)c1cc(C=O)cc2ccccc12. The molecule has 0 aromatic heterocycles. The van der Waals surface area contributed by atoms with Crippen LogP contribution in [0.4, 0.5) is 0 Å². The highest BCUT2D eigenvalue weighted by Crippen LogP contribution is 2.30. The van der Waals surface area contributed by atoms with Gasteiger partial charge in [0.05, 0.1) is 0 Å². The van der Waals surface area contributed by atoms with E-state index in [0.717, 1.165) is 17.2 Å². The summed E-state index contributed by atoms with van der Waals surface area (Å²) < 4.78 is 0. The minimum atomic E-state index is 0.0542. The standard InChI is InChI=1S/C15H16O/c1-15(2,3)14-9-11(10-16)8-12-6-4-5-7-13(12)14/h4-10H,1-3H3. The minimum Gasteiger partial charge on any atom is -0.298 e. The predicted molar refractivity (Wildman–Crippen MR) is 68.0 cm³/mol. The fraction of sp³-hybridized carbons (Fsp3) is 0.267. The van der Waals surface area contributed by atoms with E-state index < -0.39 is 0 Å². The lowest BCUT2D eigenvalue weighted by Gasteiger charge is -2.22. The second-order valence-electron chi connectivity index (χ2n) is 5.16. The lowest BCUT2D eigenvalue weighted by Crippen LogP contribution is -2.12. The summed E-state index contributed by atoms with van der Waals surface area (Å²) >= 11 is 0. The van der Waals surface area contributed by atoms with Crippen LogP contribution in [0, 0.1) is 0 Å². The van der Waals surface area contributed by atoms with Crippen molar-refractivity contribution < 1.29 is 4.79 Å². The first-order chi connectivity index (χ1) is 7.52. The van der Waals surface area contributed by atoms with E-state index in [0.29, 0.717) is 0 Å². The first kappa shape index (κ1) is 10.9. The van der Waals surface area contributed by atoms with Crippen LogP contribution in [0.3, 0.4) is 0 Å². The maximum absolute atomic E-state index is 10.9. The lowest BCUT2D eigenvalue weighted by atomic mass is 9.83. The van der Waals surface area contributed by atoms with Crippen molar-refractivity contribution in [2.24, 2.45) is 0 Å². The van der Waals surface area contributed by atoms with Crippen molar-refractivity contribution in [1.82, 2.24) is 0 Å². The highest BCUT2D eigenvalue weighted by Gasteiger charge is 2.17. The molecule has 0 N–H and O–H groups in total. The molecular formula is C15H16O. The Kier molecular flexibility index (Phi) is 2.55. The highest BCUT2D eigenvalue weighted by molar-refractivity contribution is 5.92. The van der Waals surface area contributed by atoms with Crippen LogP contribution in [0.15, 0.2) is 36.4 Å². The number of hydrogen-bond acceptors (Lipinski definition) is 1. The van der Waals surface area contributed by atoms with E-state index >= 15 is 0 Å². The molecule has 0 aliphatic carbocycles. The summed E-state index contributed by atoms with van der Waals surface area (Å²) in [5.74, 6) is 0. The molecule has 0 atom stereocenters. The topological polar surface area (TPSA) is 17.1 Å². The lowest BCUT2D eigenvalue weighted by molar-refractivity contribution is 0.112. The average molecular weight is 212 g/mol. The summed E-state index contributed by atoms with van der Waals surface area (Å²) in [6.07, 6.45) is 0.918. The van der Waals surface area contributed by atoms with Gasteiger partial charge in [0.15, 0.2) is 0 Å². The van der Waals surface area contributed by atoms with Crippen LogP contribution in [-0.2, 0) is 5.41 Å². The van der Waals surface area contributed by atoms with Crippen molar-refractivity contribution in [2.75, 3.05) is 0 Å². The molecule has 1 heteroatoms. The van der Waals surface area contributed by atoms with Gasteiger partial charge in [-0.25, -0.2) is 0 Å². The molecule has 16 heavy (non-hydrogen) atoms. The van der Waals surface area contributed by atoms with E-state index in [1.807, 2.05) is 24.3 Å². The summed E-state index contributed by atoms with van der Waals surface area (Å²) in [7, 11) is 0. The zero-order valence-electron chi connectivity index (χ0n) is 9.95. The number of carbonyl (C=O) groups is 1. The molecule has 0 saturated carbocycles. The molecule has 0 heterocycles. The number of fused-ring (bicyclic) bond motifs is 1. The van der Waals surface area contributed by atoms with Gasteiger partial charge in [-0.1, -0.05) is 45.0 Å². The van der Waals surface area contributed by atoms with Crippen LogP contribution in [-0.4, -0.2) is 6.29 Å². The molecule has 0 amide bonds. The van der Waals surface area contributed by atoms with Gasteiger partial charge in [0, 0.05) is 5.56 Å². The molecular weight excluding hydrogens is 196 g/mol. The second kappa shape index (κ2) is 3.75. The Hall–Kier alpha value is -1.63. The fourth-order valence-corrected chi connectivity index (χ4v) is 2.02. The number of aldehydes is 1. The van der Waals surface area contributed by atoms with Gasteiger partial charge in [0.25, 0.3) is 0 Å². The Balaban J connectivity index is 2.84. The highest BCUT2D eigenvalue weighted by atomic mass is 16.1. The fourth-order valence-electron chi connectivity index (χ4n) is 2.02. The molecule has 2 aromatic carbocycles. The van der Waals surface area contributed by atoms with Crippen molar-refractivity contribution in [3.8, 4) is 0 Å². The van der Waals surface area contributed by atoms with Crippen LogP contribution in [0.1, 0.15) is 36.7 Å². The van der Waals surface area contributed by atoms with E-state index in [2.05, 4.69) is 32.9 Å².